The predicted octanol–water partition coefficient (Wildman–Crippen LogP) is 5.11. The molecule has 2 aliphatic rings. The maximum Gasteiger partial charge on any atom is 0.410 e. The summed E-state index contributed by atoms with van der Waals surface area (Å²) >= 11 is 0. The number of carbonyl (C=O) groups is 1. The van der Waals surface area contributed by atoms with Crippen LogP contribution in [0.4, 0.5) is 4.79 Å². The second kappa shape index (κ2) is 7.46. The van der Waals surface area contributed by atoms with E-state index in [2.05, 4.69) is 46.8 Å². The van der Waals surface area contributed by atoms with Crippen LogP contribution in [0.5, 0.6) is 0 Å². The summed E-state index contributed by atoms with van der Waals surface area (Å²) in [6.07, 6.45) is 5.76. The molecule has 1 amide bonds. The molecule has 1 aromatic carbocycles. The molecule has 5 heteroatoms. The fourth-order valence-corrected chi connectivity index (χ4v) is 5.35. The number of hydrogen-bond donors (Lipinski definition) is 0. The van der Waals surface area contributed by atoms with Crippen molar-refractivity contribution in [3.63, 3.8) is 0 Å². The maximum absolute atomic E-state index is 12.7. The van der Waals surface area contributed by atoms with Gasteiger partial charge in [0.05, 0.1) is 12.6 Å². The third kappa shape index (κ3) is 3.08. The molecule has 0 saturated carbocycles. The normalized spacial score (nSPS) is 19.9. The minimum absolute atomic E-state index is 0.129. The van der Waals surface area contributed by atoms with Crippen LogP contribution in [0.25, 0.3) is 10.9 Å². The second-order valence-electron chi connectivity index (χ2n) is 8.65. The number of fused-ring (bicyclic) bond motifs is 6. The molecule has 3 aromatic rings. The minimum Gasteiger partial charge on any atom is -0.450 e. The largest absolute Gasteiger partial charge is 0.450 e. The van der Waals surface area contributed by atoms with Crippen LogP contribution in [-0.4, -0.2) is 33.2 Å². The van der Waals surface area contributed by atoms with Crippen molar-refractivity contribution in [3.8, 4) is 0 Å². The van der Waals surface area contributed by atoms with Crippen LogP contribution < -0.4 is 0 Å². The molecule has 4 heterocycles. The number of rotatable bonds is 4. The van der Waals surface area contributed by atoms with Gasteiger partial charge in [0.25, 0.3) is 0 Å². The molecule has 0 radical (unpaired) electrons. The van der Waals surface area contributed by atoms with E-state index in [1.54, 1.807) is 0 Å². The maximum atomic E-state index is 12.7. The summed E-state index contributed by atoms with van der Waals surface area (Å²) in [5.41, 5.74) is 7.60. The minimum atomic E-state index is -0.157. The fourth-order valence-electron chi connectivity index (χ4n) is 5.35. The van der Waals surface area contributed by atoms with E-state index in [0.29, 0.717) is 6.61 Å². The van der Waals surface area contributed by atoms with Gasteiger partial charge in [-0.1, -0.05) is 17.7 Å². The molecule has 1 fully saturated rings. The number of benzene rings is 1. The molecule has 2 aliphatic heterocycles. The summed E-state index contributed by atoms with van der Waals surface area (Å²) in [6.45, 7) is 7.40. The third-order valence-corrected chi connectivity index (χ3v) is 6.71. The number of aryl methyl sites for hydroxylation is 4. The van der Waals surface area contributed by atoms with Crippen molar-refractivity contribution in [2.24, 2.45) is 0 Å². The Morgan fingerprint density at radius 1 is 1.20 bits per heavy atom. The van der Waals surface area contributed by atoms with Gasteiger partial charge < -0.3 is 9.30 Å². The van der Waals surface area contributed by atoms with E-state index in [0.717, 1.165) is 37.9 Å². The van der Waals surface area contributed by atoms with Crippen molar-refractivity contribution in [1.29, 1.82) is 0 Å². The van der Waals surface area contributed by atoms with Crippen LogP contribution in [0.15, 0.2) is 36.5 Å². The SMILES string of the molecule is CCOC(=O)N1[C@@H]2CC[C@H]1c1c(n(CCc3ccc(C)nc3)c3ccc(C)cc13)C2. The molecule has 0 aliphatic carbocycles. The summed E-state index contributed by atoms with van der Waals surface area (Å²) < 4.78 is 7.91. The Bertz CT molecular complexity index is 1100. The standard InChI is InChI=1S/C25H29N3O2/c1-4-30-25(29)28-19-8-10-22(28)24-20-13-16(2)5-9-21(20)27(23(24)14-19)12-11-18-7-6-17(3)26-15-18/h5-7,9,13,15,19,22H,4,8,10-12,14H2,1-3H3/t19-,22+/m1/s1. The van der Waals surface area contributed by atoms with E-state index in [-0.39, 0.29) is 18.2 Å². The zero-order chi connectivity index (χ0) is 20.8. The lowest BCUT2D eigenvalue weighted by Crippen LogP contribution is -2.42. The molecule has 5 nitrogen and oxygen atoms in total. The Morgan fingerprint density at radius 3 is 2.83 bits per heavy atom. The van der Waals surface area contributed by atoms with Crippen molar-refractivity contribution in [3.05, 3.63) is 64.6 Å². The average molecular weight is 404 g/mol. The Hall–Kier alpha value is -2.82. The molecular weight excluding hydrogens is 374 g/mol. The lowest BCUT2D eigenvalue weighted by Gasteiger charge is -2.35. The fraction of sp³-hybridized carbons (Fsp3) is 0.440. The first kappa shape index (κ1) is 19.2. The molecule has 2 bridgehead atoms. The Morgan fingerprint density at radius 2 is 2.07 bits per heavy atom. The number of hydrogen-bond acceptors (Lipinski definition) is 3. The molecular formula is C25H29N3O2. The lowest BCUT2D eigenvalue weighted by molar-refractivity contribution is 0.0835. The van der Waals surface area contributed by atoms with E-state index >= 15 is 0 Å². The van der Waals surface area contributed by atoms with Crippen molar-refractivity contribution < 1.29 is 9.53 Å². The van der Waals surface area contributed by atoms with Gasteiger partial charge in [0.15, 0.2) is 0 Å². The monoisotopic (exact) mass is 403 g/mol. The highest BCUT2D eigenvalue weighted by Gasteiger charge is 2.45. The first-order chi connectivity index (χ1) is 14.6. The van der Waals surface area contributed by atoms with Gasteiger partial charge in [0, 0.05) is 53.1 Å². The topological polar surface area (TPSA) is 47.4 Å². The van der Waals surface area contributed by atoms with Crippen LogP contribution in [0, 0.1) is 13.8 Å². The number of amides is 1. The van der Waals surface area contributed by atoms with Gasteiger partial charge in [-0.15, -0.1) is 0 Å². The highest BCUT2D eigenvalue weighted by Crippen LogP contribution is 2.48. The first-order valence-electron chi connectivity index (χ1n) is 11.0. The van der Waals surface area contributed by atoms with Gasteiger partial charge in [-0.3, -0.25) is 9.88 Å². The molecule has 1 saturated heterocycles. The summed E-state index contributed by atoms with van der Waals surface area (Å²) in [7, 11) is 0. The molecule has 2 atom stereocenters. The second-order valence-corrected chi connectivity index (χ2v) is 8.65. The summed E-state index contributed by atoms with van der Waals surface area (Å²) in [6, 6.07) is 11.4. The van der Waals surface area contributed by atoms with Gasteiger partial charge in [0.1, 0.15) is 0 Å². The van der Waals surface area contributed by atoms with Gasteiger partial charge >= 0.3 is 6.09 Å². The third-order valence-electron chi connectivity index (χ3n) is 6.71. The Labute approximate surface area is 177 Å². The number of nitrogens with zero attached hydrogens (tertiary/aromatic N) is 3. The van der Waals surface area contributed by atoms with Gasteiger partial charge in [-0.05, 0) is 63.8 Å². The molecule has 0 spiro atoms. The van der Waals surface area contributed by atoms with E-state index in [1.807, 2.05) is 24.9 Å². The van der Waals surface area contributed by atoms with Crippen LogP contribution in [0.1, 0.15) is 53.9 Å². The van der Waals surface area contributed by atoms with Crippen molar-refractivity contribution in [2.75, 3.05) is 6.61 Å². The number of aromatic nitrogens is 2. The van der Waals surface area contributed by atoms with E-state index in [1.165, 1.54) is 33.3 Å². The van der Waals surface area contributed by atoms with Crippen LogP contribution in [-0.2, 0) is 24.1 Å². The number of ether oxygens (including phenoxy) is 1. The molecule has 0 unspecified atom stereocenters. The van der Waals surface area contributed by atoms with Crippen LogP contribution >= 0.6 is 0 Å². The summed E-state index contributed by atoms with van der Waals surface area (Å²) in [4.78, 5) is 19.2. The van der Waals surface area contributed by atoms with Gasteiger partial charge in [-0.2, -0.15) is 0 Å². The summed E-state index contributed by atoms with van der Waals surface area (Å²) in [5.74, 6) is 0. The van der Waals surface area contributed by atoms with E-state index < -0.39 is 0 Å². The molecule has 5 rings (SSSR count). The predicted molar refractivity (Wildman–Crippen MR) is 118 cm³/mol. The quantitative estimate of drug-likeness (QED) is 0.608. The van der Waals surface area contributed by atoms with E-state index in [4.69, 9.17) is 4.74 Å². The Balaban J connectivity index is 1.56. The zero-order valence-corrected chi connectivity index (χ0v) is 18.0. The van der Waals surface area contributed by atoms with Crippen molar-refractivity contribution in [1.82, 2.24) is 14.5 Å². The Kier molecular flexibility index (Phi) is 4.76. The van der Waals surface area contributed by atoms with Crippen molar-refractivity contribution >= 4 is 17.0 Å². The molecule has 2 aromatic heterocycles. The summed E-state index contributed by atoms with van der Waals surface area (Å²) in [5, 5.41) is 1.30. The average Bonchev–Trinajstić information content (AvgIpc) is 3.21. The molecule has 156 valence electrons. The molecule has 0 N–H and O–H groups in total. The van der Waals surface area contributed by atoms with Crippen LogP contribution in [0.2, 0.25) is 0 Å². The smallest absolute Gasteiger partial charge is 0.410 e. The lowest BCUT2D eigenvalue weighted by atomic mass is 9.96. The highest BCUT2D eigenvalue weighted by molar-refractivity contribution is 5.88. The number of carbonyl (C=O) groups excluding carboxylic acids is 1. The van der Waals surface area contributed by atoms with Crippen molar-refractivity contribution in [2.45, 2.75) is 65.1 Å². The zero-order valence-electron chi connectivity index (χ0n) is 18.0. The van der Waals surface area contributed by atoms with Gasteiger partial charge in [0.2, 0.25) is 0 Å². The number of pyridine rings is 1. The van der Waals surface area contributed by atoms with Crippen LogP contribution in [0.3, 0.4) is 0 Å². The molecule has 30 heavy (non-hydrogen) atoms. The first-order valence-corrected chi connectivity index (χ1v) is 11.0. The van der Waals surface area contributed by atoms with Gasteiger partial charge in [-0.25, -0.2) is 4.79 Å². The van der Waals surface area contributed by atoms with E-state index in [9.17, 15) is 4.79 Å². The highest BCUT2D eigenvalue weighted by atomic mass is 16.6.